The second kappa shape index (κ2) is 6.18. The highest BCUT2D eigenvalue weighted by molar-refractivity contribution is 5.80. The van der Waals surface area contributed by atoms with Crippen molar-refractivity contribution in [1.82, 2.24) is 15.3 Å². The quantitative estimate of drug-likeness (QED) is 0.457. The number of nitrogens with zero attached hydrogens (tertiary/aromatic N) is 2. The van der Waals surface area contributed by atoms with E-state index in [2.05, 4.69) is 20.6 Å². The molecule has 1 heterocycles. The van der Waals surface area contributed by atoms with E-state index in [-0.39, 0.29) is 24.1 Å². The molecule has 0 fully saturated rings. The van der Waals surface area contributed by atoms with Crippen molar-refractivity contribution in [2.75, 3.05) is 23.8 Å². The summed E-state index contributed by atoms with van der Waals surface area (Å²) in [4.78, 5) is 17.6. The topological polar surface area (TPSA) is 105 Å². The molecule has 1 aromatic heterocycles. The normalized spacial score (nSPS) is 11.0. The highest BCUT2D eigenvalue weighted by Crippen LogP contribution is 2.28. The van der Waals surface area contributed by atoms with Gasteiger partial charge in [-0.2, -0.15) is 13.2 Å². The highest BCUT2D eigenvalue weighted by atomic mass is 19.4. The Morgan fingerprint density at radius 1 is 1.37 bits per heavy atom. The van der Waals surface area contributed by atoms with Crippen LogP contribution < -0.4 is 21.9 Å². The van der Waals surface area contributed by atoms with Gasteiger partial charge in [-0.15, -0.1) is 0 Å². The Balaban J connectivity index is 2.86. The van der Waals surface area contributed by atoms with E-state index in [1.807, 2.05) is 5.43 Å². The Bertz CT molecular complexity index is 450. The number of alkyl halides is 3. The molecule has 0 aliphatic heterocycles. The average molecular weight is 278 g/mol. The Labute approximate surface area is 106 Å². The zero-order chi connectivity index (χ0) is 14.5. The van der Waals surface area contributed by atoms with Gasteiger partial charge in [0.05, 0.1) is 6.54 Å². The van der Waals surface area contributed by atoms with Crippen LogP contribution in [0, 0.1) is 0 Å². The number of hydrogen-bond acceptors (Lipinski definition) is 6. The summed E-state index contributed by atoms with van der Waals surface area (Å²) < 4.78 is 37.5. The summed E-state index contributed by atoms with van der Waals surface area (Å²) in [6, 6.07) is 1.16. The van der Waals surface area contributed by atoms with Crippen LogP contribution in [-0.4, -0.2) is 29.0 Å². The maximum atomic E-state index is 12.5. The highest BCUT2D eigenvalue weighted by Gasteiger charge is 2.35. The number of hydrazine groups is 1. The molecule has 0 radical (unpaired) electrons. The van der Waals surface area contributed by atoms with Gasteiger partial charge in [-0.05, 0) is 6.92 Å². The maximum absolute atomic E-state index is 12.5. The zero-order valence-electron chi connectivity index (χ0n) is 10.0. The first-order valence-electron chi connectivity index (χ1n) is 5.30. The molecule has 0 atom stereocenters. The van der Waals surface area contributed by atoms with Gasteiger partial charge in [-0.25, -0.2) is 15.8 Å². The van der Waals surface area contributed by atoms with Crippen molar-refractivity contribution in [1.29, 1.82) is 0 Å². The third-order valence-electron chi connectivity index (χ3n) is 1.93. The summed E-state index contributed by atoms with van der Waals surface area (Å²) >= 11 is 0. The van der Waals surface area contributed by atoms with E-state index in [0.717, 1.165) is 6.07 Å². The molecule has 1 amide bonds. The molecule has 7 nitrogen and oxygen atoms in total. The molecular weight excluding hydrogens is 265 g/mol. The Morgan fingerprint density at radius 3 is 2.53 bits per heavy atom. The standard InChI is InChI=1S/C9H13F3N6O/c1-2-14-7(19)4-15-5-3-6(18-13)17-8(16-5)9(10,11)12/h3H,2,4,13H2,1H3,(H,14,19)(H2,15,16,17,18). The number of carbonyl (C=O) groups excluding carboxylic acids is 1. The second-order valence-corrected chi connectivity index (χ2v) is 3.41. The molecule has 0 saturated heterocycles. The van der Waals surface area contributed by atoms with E-state index in [1.54, 1.807) is 6.92 Å². The molecule has 1 rings (SSSR count). The van der Waals surface area contributed by atoms with Crippen LogP contribution in [0.5, 0.6) is 0 Å². The van der Waals surface area contributed by atoms with Crippen LogP contribution in [0.4, 0.5) is 24.8 Å². The molecule has 5 N–H and O–H groups in total. The molecule has 0 aliphatic rings. The predicted octanol–water partition coefficient (Wildman–Crippen LogP) is 0.329. The Kier molecular flexibility index (Phi) is 4.87. The first-order chi connectivity index (χ1) is 8.86. The minimum absolute atomic E-state index is 0.151. The van der Waals surface area contributed by atoms with Crippen LogP contribution in [0.2, 0.25) is 0 Å². The number of likely N-dealkylation sites (N-methyl/N-ethyl adjacent to an activating group) is 1. The molecule has 1 aromatic rings. The number of hydrogen-bond donors (Lipinski definition) is 4. The van der Waals surface area contributed by atoms with Gasteiger partial charge in [0.1, 0.15) is 11.6 Å². The summed E-state index contributed by atoms with van der Waals surface area (Å²) in [5, 5.41) is 4.94. The smallest absolute Gasteiger partial charge is 0.361 e. The van der Waals surface area contributed by atoms with Gasteiger partial charge >= 0.3 is 6.18 Å². The summed E-state index contributed by atoms with van der Waals surface area (Å²) in [6.07, 6.45) is -4.70. The molecule has 19 heavy (non-hydrogen) atoms. The molecule has 0 saturated carbocycles. The van der Waals surface area contributed by atoms with Crippen LogP contribution in [-0.2, 0) is 11.0 Å². The van der Waals surface area contributed by atoms with E-state index in [1.165, 1.54) is 0 Å². The van der Waals surface area contributed by atoms with Crippen molar-refractivity contribution >= 4 is 17.5 Å². The van der Waals surface area contributed by atoms with Gasteiger partial charge < -0.3 is 16.1 Å². The monoisotopic (exact) mass is 278 g/mol. The molecule has 10 heteroatoms. The van der Waals surface area contributed by atoms with Gasteiger partial charge in [-0.1, -0.05) is 0 Å². The lowest BCUT2D eigenvalue weighted by Gasteiger charge is -2.11. The Morgan fingerprint density at radius 2 is 2.00 bits per heavy atom. The summed E-state index contributed by atoms with van der Waals surface area (Å²) in [5.74, 6) is 2.95. The van der Waals surface area contributed by atoms with E-state index in [9.17, 15) is 18.0 Å². The molecule has 0 unspecified atom stereocenters. The van der Waals surface area contributed by atoms with Crippen LogP contribution in [0.15, 0.2) is 6.07 Å². The van der Waals surface area contributed by atoms with E-state index >= 15 is 0 Å². The first-order valence-corrected chi connectivity index (χ1v) is 5.30. The summed E-state index contributed by atoms with van der Waals surface area (Å²) in [7, 11) is 0. The summed E-state index contributed by atoms with van der Waals surface area (Å²) in [5.41, 5.74) is 2.00. The van der Waals surface area contributed by atoms with Gasteiger partial charge in [0.25, 0.3) is 0 Å². The van der Waals surface area contributed by atoms with Crippen molar-refractivity contribution in [2.24, 2.45) is 5.84 Å². The molecule has 106 valence electrons. The van der Waals surface area contributed by atoms with Gasteiger partial charge in [0.15, 0.2) is 0 Å². The second-order valence-electron chi connectivity index (χ2n) is 3.41. The molecular formula is C9H13F3N6O. The minimum atomic E-state index is -4.70. The van der Waals surface area contributed by atoms with Crippen molar-refractivity contribution < 1.29 is 18.0 Å². The largest absolute Gasteiger partial charge is 0.451 e. The van der Waals surface area contributed by atoms with Gasteiger partial charge in [0, 0.05) is 12.6 Å². The third-order valence-corrected chi connectivity index (χ3v) is 1.93. The predicted molar refractivity (Wildman–Crippen MR) is 62.0 cm³/mol. The van der Waals surface area contributed by atoms with Crippen LogP contribution in [0.25, 0.3) is 0 Å². The van der Waals surface area contributed by atoms with Crippen LogP contribution in [0.3, 0.4) is 0 Å². The molecule has 0 aromatic carbocycles. The number of nitrogen functional groups attached to an aromatic ring is 1. The van der Waals surface area contributed by atoms with Crippen LogP contribution >= 0.6 is 0 Å². The fourth-order valence-corrected chi connectivity index (χ4v) is 1.17. The number of nitrogens with two attached hydrogens (primary N) is 1. The van der Waals surface area contributed by atoms with E-state index < -0.39 is 12.0 Å². The lowest BCUT2D eigenvalue weighted by atomic mass is 10.4. The molecule has 0 bridgehead atoms. The van der Waals surface area contributed by atoms with Crippen molar-refractivity contribution in [3.8, 4) is 0 Å². The Hall–Kier alpha value is -2.10. The number of anilines is 2. The van der Waals surface area contributed by atoms with Crippen LogP contribution in [0.1, 0.15) is 12.7 Å². The lowest BCUT2D eigenvalue weighted by Crippen LogP contribution is -2.30. The number of halogens is 3. The number of amides is 1. The number of aromatic nitrogens is 2. The molecule has 0 aliphatic carbocycles. The number of nitrogens with one attached hydrogen (secondary N) is 3. The number of carbonyl (C=O) groups is 1. The zero-order valence-corrected chi connectivity index (χ0v) is 10.0. The molecule has 0 spiro atoms. The van der Waals surface area contributed by atoms with Gasteiger partial charge in [-0.3, -0.25) is 4.79 Å². The minimum Gasteiger partial charge on any atom is -0.361 e. The fourth-order valence-electron chi connectivity index (χ4n) is 1.17. The van der Waals surface area contributed by atoms with Crippen molar-refractivity contribution in [3.05, 3.63) is 11.9 Å². The van der Waals surface area contributed by atoms with E-state index in [4.69, 9.17) is 5.84 Å². The third kappa shape index (κ3) is 4.58. The fraction of sp³-hybridized carbons (Fsp3) is 0.444. The maximum Gasteiger partial charge on any atom is 0.451 e. The summed E-state index contributed by atoms with van der Waals surface area (Å²) in [6.45, 7) is 1.95. The first kappa shape index (κ1) is 15.0. The van der Waals surface area contributed by atoms with E-state index in [0.29, 0.717) is 6.54 Å². The van der Waals surface area contributed by atoms with Crippen molar-refractivity contribution in [3.63, 3.8) is 0 Å². The van der Waals surface area contributed by atoms with Gasteiger partial charge in [0.2, 0.25) is 11.7 Å². The SMILES string of the molecule is CCNC(=O)CNc1cc(NN)nc(C(F)(F)F)n1. The average Bonchev–Trinajstić information content (AvgIpc) is 2.35. The number of rotatable bonds is 5. The van der Waals surface area contributed by atoms with Crippen molar-refractivity contribution in [2.45, 2.75) is 13.1 Å². The lowest BCUT2D eigenvalue weighted by molar-refractivity contribution is -0.144.